The van der Waals surface area contributed by atoms with Crippen molar-refractivity contribution in [3.63, 3.8) is 0 Å². The van der Waals surface area contributed by atoms with E-state index in [1.54, 1.807) is 30.3 Å². The van der Waals surface area contributed by atoms with Gasteiger partial charge in [-0.2, -0.15) is 4.31 Å². The number of fused-ring (bicyclic) bond motifs is 1. The number of benzene rings is 2. The van der Waals surface area contributed by atoms with Crippen molar-refractivity contribution in [1.82, 2.24) is 14.1 Å². The van der Waals surface area contributed by atoms with Crippen molar-refractivity contribution in [3.8, 4) is 0 Å². The molecule has 0 spiro atoms. The second-order valence-corrected chi connectivity index (χ2v) is 11.0. The Kier molecular flexibility index (Phi) is 6.05. The van der Waals surface area contributed by atoms with Gasteiger partial charge in [0.1, 0.15) is 6.04 Å². The number of carbonyl (C=O) groups excluding carboxylic acids is 1. The molecule has 0 N–H and O–H groups in total. The lowest BCUT2D eigenvalue weighted by Gasteiger charge is -2.41. The van der Waals surface area contributed by atoms with Gasteiger partial charge in [-0.1, -0.05) is 42.5 Å². The molecule has 32 heavy (non-hydrogen) atoms. The Morgan fingerprint density at radius 1 is 0.812 bits per heavy atom. The first-order chi connectivity index (χ1) is 15.5. The van der Waals surface area contributed by atoms with Gasteiger partial charge in [0, 0.05) is 38.8 Å². The van der Waals surface area contributed by atoms with Crippen LogP contribution in [0.15, 0.2) is 59.5 Å². The summed E-state index contributed by atoms with van der Waals surface area (Å²) in [5.41, 5.74) is 2.88. The lowest BCUT2D eigenvalue weighted by molar-refractivity contribution is -0.136. The summed E-state index contributed by atoms with van der Waals surface area (Å²) in [6, 6.07) is 17.1. The molecule has 0 unspecified atom stereocenters. The van der Waals surface area contributed by atoms with E-state index in [2.05, 4.69) is 29.2 Å². The van der Waals surface area contributed by atoms with Gasteiger partial charge in [-0.05, 0) is 55.4 Å². The third kappa shape index (κ3) is 4.09. The first-order valence-electron chi connectivity index (χ1n) is 11.7. The molecule has 0 aliphatic carbocycles. The molecular weight excluding hydrogens is 422 g/mol. The summed E-state index contributed by atoms with van der Waals surface area (Å²) in [4.78, 5) is 18.1. The molecule has 3 aliphatic heterocycles. The first-order valence-corrected chi connectivity index (χ1v) is 13.1. The number of hydrogen-bond donors (Lipinski definition) is 0. The predicted molar refractivity (Wildman–Crippen MR) is 124 cm³/mol. The van der Waals surface area contributed by atoms with Crippen LogP contribution in [0.2, 0.25) is 0 Å². The predicted octanol–water partition coefficient (Wildman–Crippen LogP) is 2.89. The van der Waals surface area contributed by atoms with Crippen molar-refractivity contribution in [2.75, 3.05) is 26.2 Å². The van der Waals surface area contributed by atoms with Crippen LogP contribution in [0.5, 0.6) is 0 Å². The molecule has 1 amide bonds. The summed E-state index contributed by atoms with van der Waals surface area (Å²) in [5, 5.41) is 0. The van der Waals surface area contributed by atoms with Gasteiger partial charge in [0.25, 0.3) is 0 Å². The molecule has 170 valence electrons. The summed E-state index contributed by atoms with van der Waals surface area (Å²) in [6.07, 6.45) is 4.32. The average molecular weight is 454 g/mol. The molecule has 7 heteroatoms. The Hall–Kier alpha value is -2.22. The van der Waals surface area contributed by atoms with Crippen LogP contribution in [0.3, 0.4) is 0 Å². The monoisotopic (exact) mass is 453 g/mol. The molecule has 1 atom stereocenters. The van der Waals surface area contributed by atoms with Crippen molar-refractivity contribution in [2.45, 2.75) is 55.6 Å². The van der Waals surface area contributed by atoms with Gasteiger partial charge in [-0.3, -0.25) is 9.69 Å². The maximum absolute atomic E-state index is 13.3. The van der Waals surface area contributed by atoms with E-state index < -0.39 is 16.1 Å². The largest absolute Gasteiger partial charge is 0.341 e. The number of carbonyl (C=O) groups is 1. The minimum Gasteiger partial charge on any atom is -0.341 e. The highest BCUT2D eigenvalue weighted by molar-refractivity contribution is 7.89. The molecule has 0 bridgehead atoms. The number of likely N-dealkylation sites (tertiary alicyclic amines) is 1. The number of piperidine rings is 1. The van der Waals surface area contributed by atoms with Crippen molar-refractivity contribution in [2.24, 2.45) is 0 Å². The molecule has 0 saturated carbocycles. The van der Waals surface area contributed by atoms with E-state index in [9.17, 15) is 13.2 Å². The topological polar surface area (TPSA) is 60.9 Å². The fourth-order valence-electron chi connectivity index (χ4n) is 5.49. The smallest absolute Gasteiger partial charge is 0.243 e. The Morgan fingerprint density at radius 3 is 2.25 bits per heavy atom. The SMILES string of the molecule is O=C([C@H]1CCCN1S(=O)(=O)c1ccccc1)N1CCC(N2CCc3ccccc3C2)CC1. The Morgan fingerprint density at radius 2 is 1.50 bits per heavy atom. The number of amides is 1. The van der Waals surface area contributed by atoms with Gasteiger partial charge < -0.3 is 4.90 Å². The van der Waals surface area contributed by atoms with Crippen LogP contribution in [0.1, 0.15) is 36.8 Å². The summed E-state index contributed by atoms with van der Waals surface area (Å²) >= 11 is 0. The van der Waals surface area contributed by atoms with E-state index in [1.165, 1.54) is 15.4 Å². The minimum absolute atomic E-state index is 0.0237. The molecule has 2 aromatic carbocycles. The Balaban J connectivity index is 1.22. The summed E-state index contributed by atoms with van der Waals surface area (Å²) in [5.74, 6) is -0.0237. The van der Waals surface area contributed by atoms with Crippen LogP contribution in [0, 0.1) is 0 Å². The second kappa shape index (κ2) is 8.96. The van der Waals surface area contributed by atoms with Crippen LogP contribution in [0.25, 0.3) is 0 Å². The standard InChI is InChI=1S/C25H31N3O3S/c29-25(24-11-6-15-28(24)32(30,31)23-9-2-1-3-10-23)26-17-13-22(14-18-26)27-16-12-20-7-4-5-8-21(20)19-27/h1-5,7-10,22,24H,6,11-19H2/t24-/m1/s1. The van der Waals surface area contributed by atoms with Crippen LogP contribution in [-0.2, 0) is 27.8 Å². The zero-order valence-corrected chi connectivity index (χ0v) is 19.2. The van der Waals surface area contributed by atoms with Gasteiger partial charge in [0.05, 0.1) is 4.90 Å². The van der Waals surface area contributed by atoms with Crippen molar-refractivity contribution in [3.05, 3.63) is 65.7 Å². The van der Waals surface area contributed by atoms with Crippen molar-refractivity contribution in [1.29, 1.82) is 0 Å². The van der Waals surface area contributed by atoms with Gasteiger partial charge in [-0.25, -0.2) is 8.42 Å². The number of hydrogen-bond acceptors (Lipinski definition) is 4. The van der Waals surface area contributed by atoms with E-state index in [-0.39, 0.29) is 10.8 Å². The number of nitrogens with zero attached hydrogens (tertiary/aromatic N) is 3. The molecule has 6 nitrogen and oxygen atoms in total. The highest BCUT2D eigenvalue weighted by Crippen LogP contribution is 2.29. The third-order valence-electron chi connectivity index (χ3n) is 7.29. The van der Waals surface area contributed by atoms with E-state index in [1.807, 2.05) is 4.90 Å². The van der Waals surface area contributed by atoms with Gasteiger partial charge in [0.15, 0.2) is 0 Å². The zero-order chi connectivity index (χ0) is 22.1. The van der Waals surface area contributed by atoms with E-state index in [4.69, 9.17) is 0 Å². The van der Waals surface area contributed by atoms with E-state index in [0.29, 0.717) is 32.1 Å². The molecule has 3 aliphatic rings. The fraction of sp³-hybridized carbons (Fsp3) is 0.480. The molecular formula is C25H31N3O3S. The maximum atomic E-state index is 13.3. The van der Waals surface area contributed by atoms with Crippen molar-refractivity contribution < 1.29 is 13.2 Å². The van der Waals surface area contributed by atoms with E-state index in [0.717, 1.165) is 38.8 Å². The lowest BCUT2D eigenvalue weighted by atomic mass is 9.95. The third-order valence-corrected chi connectivity index (χ3v) is 9.21. The quantitative estimate of drug-likeness (QED) is 0.714. The average Bonchev–Trinajstić information content (AvgIpc) is 3.35. The molecule has 2 aromatic rings. The number of rotatable bonds is 4. The molecule has 0 aromatic heterocycles. The Bertz CT molecular complexity index is 1060. The van der Waals surface area contributed by atoms with Gasteiger partial charge in [-0.15, -0.1) is 0 Å². The van der Waals surface area contributed by atoms with Gasteiger partial charge >= 0.3 is 0 Å². The van der Waals surface area contributed by atoms with Crippen LogP contribution in [0.4, 0.5) is 0 Å². The molecule has 2 fully saturated rings. The molecule has 3 heterocycles. The molecule has 0 radical (unpaired) electrons. The van der Waals surface area contributed by atoms with Crippen LogP contribution >= 0.6 is 0 Å². The minimum atomic E-state index is -3.65. The fourth-order valence-corrected chi connectivity index (χ4v) is 7.17. The van der Waals surface area contributed by atoms with Crippen molar-refractivity contribution >= 4 is 15.9 Å². The normalized spacial score (nSPS) is 23.2. The highest BCUT2D eigenvalue weighted by atomic mass is 32.2. The molecule has 2 saturated heterocycles. The maximum Gasteiger partial charge on any atom is 0.243 e. The highest BCUT2D eigenvalue weighted by Gasteiger charge is 2.42. The second-order valence-electron chi connectivity index (χ2n) is 9.13. The summed E-state index contributed by atoms with van der Waals surface area (Å²) in [6.45, 7) is 3.88. The van der Waals surface area contributed by atoms with E-state index >= 15 is 0 Å². The summed E-state index contributed by atoms with van der Waals surface area (Å²) in [7, 11) is -3.65. The zero-order valence-electron chi connectivity index (χ0n) is 18.4. The lowest BCUT2D eigenvalue weighted by Crippen LogP contribution is -2.52. The van der Waals surface area contributed by atoms with Crippen LogP contribution in [-0.4, -0.2) is 66.7 Å². The summed E-state index contributed by atoms with van der Waals surface area (Å²) < 4.78 is 27.7. The van der Waals surface area contributed by atoms with Crippen LogP contribution < -0.4 is 0 Å². The van der Waals surface area contributed by atoms with Gasteiger partial charge in [0.2, 0.25) is 15.9 Å². The molecule has 5 rings (SSSR count). The Labute approximate surface area is 190 Å². The number of sulfonamides is 1. The first kappa shape index (κ1) is 21.6.